The first-order valence-electron chi connectivity index (χ1n) is 7.30. The average molecular weight is 268 g/mol. The fourth-order valence-electron chi connectivity index (χ4n) is 3.25. The van der Waals surface area contributed by atoms with Gasteiger partial charge in [0.15, 0.2) is 0 Å². The first kappa shape index (κ1) is 14.3. The van der Waals surface area contributed by atoms with E-state index in [0.717, 1.165) is 32.1 Å². The summed E-state index contributed by atoms with van der Waals surface area (Å²) in [6.07, 6.45) is 7.05. The van der Waals surface area contributed by atoms with Gasteiger partial charge in [0.25, 0.3) is 0 Å². The van der Waals surface area contributed by atoms with Crippen molar-refractivity contribution in [3.8, 4) is 0 Å². The van der Waals surface area contributed by atoms with Crippen LogP contribution in [0, 0.1) is 5.92 Å². The number of amides is 1. The molecule has 5 heteroatoms. The van der Waals surface area contributed by atoms with Crippen LogP contribution in [0.2, 0.25) is 0 Å². The Morgan fingerprint density at radius 1 is 1.21 bits per heavy atom. The van der Waals surface area contributed by atoms with Gasteiger partial charge in [0.05, 0.1) is 5.92 Å². The summed E-state index contributed by atoms with van der Waals surface area (Å²) in [7, 11) is 0. The van der Waals surface area contributed by atoms with E-state index in [-0.39, 0.29) is 11.4 Å². The Kier molecular flexibility index (Phi) is 4.45. The second kappa shape index (κ2) is 5.90. The summed E-state index contributed by atoms with van der Waals surface area (Å²) in [5.74, 6) is -1.16. The van der Waals surface area contributed by atoms with Crippen LogP contribution in [-0.4, -0.2) is 40.5 Å². The number of aliphatic carboxylic acids is 1. The average Bonchev–Trinajstić information content (AvgIpc) is 2.39. The lowest BCUT2D eigenvalue weighted by atomic mass is 9.79. The molecule has 1 aliphatic heterocycles. The number of carbonyl (C=O) groups is 2. The monoisotopic (exact) mass is 268 g/mol. The molecule has 1 saturated heterocycles. The van der Waals surface area contributed by atoms with Gasteiger partial charge < -0.3 is 15.7 Å². The van der Waals surface area contributed by atoms with Gasteiger partial charge in [0, 0.05) is 25.0 Å². The molecule has 0 radical (unpaired) electrons. The maximum atomic E-state index is 12.3. The molecule has 1 atom stereocenters. The van der Waals surface area contributed by atoms with Crippen LogP contribution in [0.1, 0.15) is 51.4 Å². The van der Waals surface area contributed by atoms with Crippen molar-refractivity contribution in [3.05, 3.63) is 0 Å². The smallest absolute Gasteiger partial charge is 0.308 e. The highest BCUT2D eigenvalue weighted by Gasteiger charge is 2.34. The summed E-state index contributed by atoms with van der Waals surface area (Å²) in [5.41, 5.74) is 5.94. The number of carboxylic acid groups (broad SMARTS) is 1. The zero-order valence-electron chi connectivity index (χ0n) is 11.4. The molecule has 108 valence electrons. The molecule has 2 aliphatic rings. The lowest BCUT2D eigenvalue weighted by Crippen LogP contribution is -2.49. The Morgan fingerprint density at radius 3 is 2.53 bits per heavy atom. The van der Waals surface area contributed by atoms with E-state index >= 15 is 0 Å². The van der Waals surface area contributed by atoms with Crippen molar-refractivity contribution < 1.29 is 14.7 Å². The molecule has 0 unspecified atom stereocenters. The van der Waals surface area contributed by atoms with Crippen LogP contribution in [0.3, 0.4) is 0 Å². The largest absolute Gasteiger partial charge is 0.481 e. The van der Waals surface area contributed by atoms with Crippen molar-refractivity contribution in [2.75, 3.05) is 13.1 Å². The van der Waals surface area contributed by atoms with Gasteiger partial charge in [0.1, 0.15) is 0 Å². The number of carbonyl (C=O) groups excluding carboxylic acids is 1. The van der Waals surface area contributed by atoms with Crippen molar-refractivity contribution >= 4 is 11.9 Å². The number of nitrogens with two attached hydrogens (primary N) is 1. The minimum absolute atomic E-state index is 0.0374. The van der Waals surface area contributed by atoms with E-state index in [0.29, 0.717) is 25.9 Å². The third-order valence-corrected chi connectivity index (χ3v) is 4.48. The standard InChI is InChI=1S/C14H24N2O3/c15-14(6-2-1-3-7-14)9-12(17)16-8-4-5-11(10-16)13(18)19/h11H,1-10,15H2,(H,18,19)/t11-/m0/s1. The number of hydrogen-bond donors (Lipinski definition) is 2. The number of nitrogens with zero attached hydrogens (tertiary/aromatic N) is 1. The number of piperidine rings is 1. The molecule has 2 fully saturated rings. The highest BCUT2D eigenvalue weighted by atomic mass is 16.4. The highest BCUT2D eigenvalue weighted by Crippen LogP contribution is 2.30. The molecule has 1 heterocycles. The fourth-order valence-corrected chi connectivity index (χ4v) is 3.25. The normalized spacial score (nSPS) is 27.0. The molecule has 0 spiro atoms. The lowest BCUT2D eigenvalue weighted by Gasteiger charge is -2.37. The van der Waals surface area contributed by atoms with Gasteiger partial charge in [-0.25, -0.2) is 0 Å². The number of likely N-dealkylation sites (tertiary alicyclic amines) is 1. The van der Waals surface area contributed by atoms with Gasteiger partial charge in [-0.15, -0.1) is 0 Å². The Hall–Kier alpha value is -1.10. The predicted molar refractivity (Wildman–Crippen MR) is 71.6 cm³/mol. The molecule has 0 aromatic heterocycles. The molecule has 1 amide bonds. The Bertz CT molecular complexity index is 351. The van der Waals surface area contributed by atoms with Crippen molar-refractivity contribution in [1.82, 2.24) is 4.90 Å². The number of rotatable bonds is 3. The molecule has 19 heavy (non-hydrogen) atoms. The molecule has 5 nitrogen and oxygen atoms in total. The Morgan fingerprint density at radius 2 is 1.89 bits per heavy atom. The highest BCUT2D eigenvalue weighted by molar-refractivity contribution is 5.79. The van der Waals surface area contributed by atoms with Gasteiger partial charge in [-0.3, -0.25) is 9.59 Å². The summed E-state index contributed by atoms with van der Waals surface area (Å²) in [4.78, 5) is 25.0. The van der Waals surface area contributed by atoms with E-state index in [1.165, 1.54) is 6.42 Å². The minimum Gasteiger partial charge on any atom is -0.481 e. The predicted octanol–water partition coefficient (Wildman–Crippen LogP) is 1.36. The molecular formula is C14H24N2O3. The maximum absolute atomic E-state index is 12.3. The molecule has 1 saturated carbocycles. The topological polar surface area (TPSA) is 83.6 Å². The quantitative estimate of drug-likeness (QED) is 0.809. The molecule has 0 aromatic rings. The zero-order chi connectivity index (χ0) is 13.9. The SMILES string of the molecule is NC1(CC(=O)N2CCC[C@H](C(=O)O)C2)CCCCC1. The molecule has 0 bridgehead atoms. The number of hydrogen-bond acceptors (Lipinski definition) is 3. The van der Waals surface area contributed by atoms with E-state index in [4.69, 9.17) is 10.8 Å². The first-order chi connectivity index (χ1) is 9.00. The van der Waals surface area contributed by atoms with Crippen molar-refractivity contribution in [3.63, 3.8) is 0 Å². The van der Waals surface area contributed by atoms with Gasteiger partial charge in [-0.2, -0.15) is 0 Å². The Labute approximate surface area is 114 Å². The van der Waals surface area contributed by atoms with Gasteiger partial charge in [0.2, 0.25) is 5.91 Å². The van der Waals surface area contributed by atoms with Gasteiger partial charge in [-0.05, 0) is 25.7 Å². The zero-order valence-corrected chi connectivity index (χ0v) is 11.4. The van der Waals surface area contributed by atoms with Crippen LogP contribution in [0.25, 0.3) is 0 Å². The van der Waals surface area contributed by atoms with E-state index in [2.05, 4.69) is 0 Å². The fraction of sp³-hybridized carbons (Fsp3) is 0.857. The van der Waals surface area contributed by atoms with Crippen LogP contribution in [0.4, 0.5) is 0 Å². The lowest BCUT2D eigenvalue weighted by molar-refractivity contribution is -0.146. The van der Waals surface area contributed by atoms with E-state index in [9.17, 15) is 9.59 Å². The molecule has 2 rings (SSSR count). The summed E-state index contributed by atoms with van der Waals surface area (Å²) in [6.45, 7) is 1.03. The van der Waals surface area contributed by atoms with Crippen molar-refractivity contribution in [1.29, 1.82) is 0 Å². The second-order valence-corrected chi connectivity index (χ2v) is 6.12. The van der Waals surface area contributed by atoms with Crippen LogP contribution < -0.4 is 5.73 Å². The first-order valence-corrected chi connectivity index (χ1v) is 7.30. The van der Waals surface area contributed by atoms with Crippen molar-refractivity contribution in [2.24, 2.45) is 11.7 Å². The molecular weight excluding hydrogens is 244 g/mol. The Balaban J connectivity index is 1.90. The summed E-state index contributed by atoms with van der Waals surface area (Å²) in [6, 6.07) is 0. The molecule has 0 aromatic carbocycles. The third-order valence-electron chi connectivity index (χ3n) is 4.48. The van der Waals surface area contributed by atoms with E-state index in [1.54, 1.807) is 4.90 Å². The van der Waals surface area contributed by atoms with Crippen LogP contribution in [0.5, 0.6) is 0 Å². The second-order valence-electron chi connectivity index (χ2n) is 6.12. The van der Waals surface area contributed by atoms with Crippen LogP contribution >= 0.6 is 0 Å². The minimum atomic E-state index is -0.794. The number of carboxylic acids is 1. The molecule has 1 aliphatic carbocycles. The van der Waals surface area contributed by atoms with E-state index in [1.807, 2.05) is 0 Å². The van der Waals surface area contributed by atoms with Crippen LogP contribution in [0.15, 0.2) is 0 Å². The van der Waals surface area contributed by atoms with Gasteiger partial charge in [-0.1, -0.05) is 19.3 Å². The van der Waals surface area contributed by atoms with Gasteiger partial charge >= 0.3 is 5.97 Å². The maximum Gasteiger partial charge on any atom is 0.308 e. The third kappa shape index (κ3) is 3.69. The van der Waals surface area contributed by atoms with Crippen molar-refractivity contribution in [2.45, 2.75) is 56.9 Å². The van der Waals surface area contributed by atoms with E-state index < -0.39 is 11.9 Å². The van der Waals surface area contributed by atoms with Crippen LogP contribution in [-0.2, 0) is 9.59 Å². The summed E-state index contributed by atoms with van der Waals surface area (Å²) in [5, 5.41) is 9.05. The summed E-state index contributed by atoms with van der Waals surface area (Å²) < 4.78 is 0. The summed E-state index contributed by atoms with van der Waals surface area (Å²) >= 11 is 0. The molecule has 3 N–H and O–H groups in total.